The summed E-state index contributed by atoms with van der Waals surface area (Å²) in [6, 6.07) is 4.15. The van der Waals surface area contributed by atoms with Crippen molar-refractivity contribution < 1.29 is 27.6 Å². The number of hydrogen-bond acceptors (Lipinski definition) is 10. The maximum atomic E-state index is 13.4. The Morgan fingerprint density at radius 2 is 1.82 bits per heavy atom. The minimum absolute atomic E-state index is 0.00487. The fourth-order valence-electron chi connectivity index (χ4n) is 4.24. The number of carbonyl (C=O) groups excluding carboxylic acids is 3. The van der Waals surface area contributed by atoms with E-state index in [0.717, 1.165) is 17.3 Å². The SMILES string of the molecule is C[C@@H](C(=O)Nc1ccnc(-c2cnc(C(F)(F)F)nc2)n1)N1C=NC2C1C(=O)N(Cc1ccccn1)C(=O)N2C. The average Bonchev–Trinajstić information content (AvgIpc) is 3.39. The molecule has 206 valence electrons. The molecular formula is C24H21F3N10O3. The maximum absolute atomic E-state index is 13.4. The van der Waals surface area contributed by atoms with Gasteiger partial charge in [0, 0.05) is 31.8 Å². The van der Waals surface area contributed by atoms with Crippen LogP contribution in [0.5, 0.6) is 0 Å². The number of urea groups is 1. The van der Waals surface area contributed by atoms with Crippen molar-refractivity contribution in [1.29, 1.82) is 0 Å². The van der Waals surface area contributed by atoms with Gasteiger partial charge in [0.05, 0.1) is 24.1 Å². The topological polar surface area (TPSA) is 150 Å². The first-order chi connectivity index (χ1) is 19.0. The normalized spacial score (nSPS) is 19.6. The Bertz CT molecular complexity index is 1470. The zero-order chi connectivity index (χ0) is 28.6. The van der Waals surface area contributed by atoms with Gasteiger partial charge in [-0.3, -0.25) is 19.5 Å². The molecule has 4 amide bonds. The Hall–Kier alpha value is -5.02. The number of anilines is 1. The molecule has 2 aliphatic heterocycles. The van der Waals surface area contributed by atoms with Crippen LogP contribution in [0.1, 0.15) is 18.4 Å². The van der Waals surface area contributed by atoms with Gasteiger partial charge >= 0.3 is 12.2 Å². The number of aromatic nitrogens is 5. The molecule has 3 aromatic heterocycles. The fourth-order valence-corrected chi connectivity index (χ4v) is 4.24. The minimum Gasteiger partial charge on any atom is -0.335 e. The zero-order valence-corrected chi connectivity index (χ0v) is 21.0. The molecule has 0 bridgehead atoms. The number of fused-ring (bicyclic) bond motifs is 1. The standard InChI is InChI=1S/C24H21F3N10O3/c1-13(20(38)34-16-6-8-29-18(33-16)14-9-30-22(31-10-14)24(25,26)27)37-12-32-19-17(37)21(39)36(23(40)35(19)2)11-15-5-3-4-7-28-15/h3-10,12-13,17,19H,11H2,1-2H3,(H,29,33,34,38)/t13-,17?,19?/m0/s1. The summed E-state index contributed by atoms with van der Waals surface area (Å²) in [6.07, 6.45) is 0.583. The predicted octanol–water partition coefficient (Wildman–Crippen LogP) is 1.81. The van der Waals surface area contributed by atoms with Crippen LogP contribution in [0.15, 0.2) is 54.0 Å². The van der Waals surface area contributed by atoms with E-state index in [1.54, 1.807) is 31.3 Å². The van der Waals surface area contributed by atoms with Crippen molar-refractivity contribution in [2.24, 2.45) is 4.99 Å². The number of nitrogens with zero attached hydrogens (tertiary/aromatic N) is 9. The lowest BCUT2D eigenvalue weighted by Crippen LogP contribution is -2.66. The molecule has 0 radical (unpaired) electrons. The van der Waals surface area contributed by atoms with E-state index in [2.05, 4.69) is 35.2 Å². The Balaban J connectivity index is 1.31. The molecule has 1 N–H and O–H groups in total. The van der Waals surface area contributed by atoms with Crippen LogP contribution in [0.25, 0.3) is 11.4 Å². The van der Waals surface area contributed by atoms with E-state index in [9.17, 15) is 27.6 Å². The molecule has 5 heterocycles. The lowest BCUT2D eigenvalue weighted by atomic mass is 10.1. The highest BCUT2D eigenvalue weighted by Crippen LogP contribution is 2.29. The number of rotatable bonds is 6. The molecular weight excluding hydrogens is 533 g/mol. The number of hydrogen-bond donors (Lipinski definition) is 1. The first-order valence-corrected chi connectivity index (χ1v) is 11.9. The number of nitrogens with one attached hydrogen (secondary N) is 1. The number of imide groups is 1. The number of amides is 4. The lowest BCUT2D eigenvalue weighted by Gasteiger charge is -2.42. The molecule has 1 saturated heterocycles. The van der Waals surface area contributed by atoms with Gasteiger partial charge in [0.1, 0.15) is 11.9 Å². The summed E-state index contributed by atoms with van der Waals surface area (Å²) >= 11 is 0. The highest BCUT2D eigenvalue weighted by molar-refractivity contribution is 6.03. The Labute approximate surface area is 224 Å². The largest absolute Gasteiger partial charge is 0.451 e. The first-order valence-electron chi connectivity index (χ1n) is 11.9. The molecule has 0 spiro atoms. The molecule has 0 aliphatic carbocycles. The monoisotopic (exact) mass is 554 g/mol. The number of pyridine rings is 1. The zero-order valence-electron chi connectivity index (χ0n) is 21.0. The third-order valence-corrected chi connectivity index (χ3v) is 6.35. The van der Waals surface area contributed by atoms with Gasteiger partial charge in [-0.05, 0) is 25.1 Å². The second-order valence-electron chi connectivity index (χ2n) is 8.93. The van der Waals surface area contributed by atoms with Crippen LogP contribution in [0.3, 0.4) is 0 Å². The summed E-state index contributed by atoms with van der Waals surface area (Å²) in [4.78, 5) is 66.6. The summed E-state index contributed by atoms with van der Waals surface area (Å²) in [7, 11) is 1.52. The second kappa shape index (κ2) is 10.3. The highest BCUT2D eigenvalue weighted by atomic mass is 19.4. The van der Waals surface area contributed by atoms with E-state index in [-0.39, 0.29) is 23.8 Å². The van der Waals surface area contributed by atoms with Crippen molar-refractivity contribution in [1.82, 2.24) is 39.6 Å². The van der Waals surface area contributed by atoms with Crippen LogP contribution in [0.4, 0.5) is 23.8 Å². The van der Waals surface area contributed by atoms with Gasteiger partial charge < -0.3 is 15.1 Å². The van der Waals surface area contributed by atoms with E-state index in [4.69, 9.17) is 0 Å². The average molecular weight is 554 g/mol. The Morgan fingerprint density at radius 1 is 1.07 bits per heavy atom. The number of halogens is 3. The molecule has 2 unspecified atom stereocenters. The van der Waals surface area contributed by atoms with E-state index < -0.39 is 48.1 Å². The van der Waals surface area contributed by atoms with Gasteiger partial charge in [0.2, 0.25) is 11.7 Å². The van der Waals surface area contributed by atoms with Crippen molar-refractivity contribution in [2.45, 2.75) is 37.9 Å². The molecule has 3 atom stereocenters. The summed E-state index contributed by atoms with van der Waals surface area (Å²) in [6.45, 7) is 1.51. The van der Waals surface area contributed by atoms with Gasteiger partial charge in [-0.1, -0.05) is 6.07 Å². The molecule has 0 saturated carbocycles. The predicted molar refractivity (Wildman–Crippen MR) is 132 cm³/mol. The number of alkyl halides is 3. The van der Waals surface area contributed by atoms with E-state index >= 15 is 0 Å². The minimum atomic E-state index is -4.69. The van der Waals surface area contributed by atoms with Crippen LogP contribution in [-0.4, -0.2) is 89.1 Å². The van der Waals surface area contributed by atoms with E-state index in [1.807, 2.05) is 0 Å². The maximum Gasteiger partial charge on any atom is 0.451 e. The Kier molecular flexibility index (Phi) is 6.83. The molecule has 0 aromatic carbocycles. The number of carbonyl (C=O) groups is 3. The number of likely N-dealkylation sites (N-methyl/N-ethyl adjacent to an activating group) is 1. The van der Waals surface area contributed by atoms with Crippen molar-refractivity contribution in [3.63, 3.8) is 0 Å². The number of aliphatic imine (C=N–C) groups is 1. The van der Waals surface area contributed by atoms with Crippen LogP contribution in [-0.2, 0) is 22.3 Å². The molecule has 16 heteroatoms. The van der Waals surface area contributed by atoms with Crippen LogP contribution in [0, 0.1) is 0 Å². The van der Waals surface area contributed by atoms with Gasteiger partial charge in [-0.15, -0.1) is 0 Å². The highest BCUT2D eigenvalue weighted by Gasteiger charge is 2.51. The van der Waals surface area contributed by atoms with Gasteiger partial charge in [-0.25, -0.2) is 29.7 Å². The summed E-state index contributed by atoms with van der Waals surface area (Å²) in [5, 5.41) is 2.62. The molecule has 1 fully saturated rings. The molecule has 13 nitrogen and oxygen atoms in total. The van der Waals surface area contributed by atoms with Gasteiger partial charge in [0.15, 0.2) is 18.0 Å². The van der Waals surface area contributed by atoms with Crippen molar-refractivity contribution in [3.8, 4) is 11.4 Å². The quantitative estimate of drug-likeness (QED) is 0.481. The first kappa shape index (κ1) is 26.6. The summed E-state index contributed by atoms with van der Waals surface area (Å²) < 4.78 is 38.3. The summed E-state index contributed by atoms with van der Waals surface area (Å²) in [5.41, 5.74) is 0.630. The second-order valence-corrected chi connectivity index (χ2v) is 8.93. The van der Waals surface area contributed by atoms with Crippen LogP contribution in [0.2, 0.25) is 0 Å². The fraction of sp³-hybridized carbons (Fsp3) is 0.292. The van der Waals surface area contributed by atoms with E-state index in [1.165, 1.54) is 35.4 Å². The third-order valence-electron chi connectivity index (χ3n) is 6.35. The lowest BCUT2D eigenvalue weighted by molar-refractivity contribution is -0.145. The van der Waals surface area contributed by atoms with E-state index in [0.29, 0.717) is 5.69 Å². The van der Waals surface area contributed by atoms with Crippen molar-refractivity contribution in [2.75, 3.05) is 12.4 Å². The molecule has 40 heavy (non-hydrogen) atoms. The smallest absolute Gasteiger partial charge is 0.335 e. The molecule has 2 aliphatic rings. The van der Waals surface area contributed by atoms with Crippen molar-refractivity contribution in [3.05, 3.63) is 60.6 Å². The van der Waals surface area contributed by atoms with Crippen LogP contribution >= 0.6 is 0 Å². The van der Waals surface area contributed by atoms with Gasteiger partial charge in [-0.2, -0.15) is 13.2 Å². The van der Waals surface area contributed by atoms with Crippen LogP contribution < -0.4 is 5.32 Å². The van der Waals surface area contributed by atoms with Gasteiger partial charge in [0.25, 0.3) is 5.91 Å². The summed E-state index contributed by atoms with van der Waals surface area (Å²) in [5.74, 6) is -2.32. The molecule has 5 rings (SSSR count). The molecule has 3 aromatic rings. The van der Waals surface area contributed by atoms with Crippen molar-refractivity contribution >= 4 is 30.0 Å². The Morgan fingerprint density at radius 3 is 2.50 bits per heavy atom. The third kappa shape index (κ3) is 5.02.